The molecular formula is C25H18N2OS. The van der Waals surface area contributed by atoms with E-state index >= 15 is 0 Å². The summed E-state index contributed by atoms with van der Waals surface area (Å²) in [7, 11) is 0. The predicted octanol–water partition coefficient (Wildman–Crippen LogP) is 5.85. The first kappa shape index (κ1) is 18.7. The quantitative estimate of drug-likeness (QED) is 0.230. The lowest BCUT2D eigenvalue weighted by Gasteiger charge is -2.11. The number of hydrogen-bond acceptors (Lipinski definition) is 4. The minimum absolute atomic E-state index is 0.0351. The van der Waals surface area contributed by atoms with Crippen molar-refractivity contribution in [2.75, 3.05) is 0 Å². The molecule has 0 unspecified atom stereocenters. The van der Waals surface area contributed by atoms with E-state index < -0.39 is 0 Å². The molecule has 3 aromatic carbocycles. The van der Waals surface area contributed by atoms with E-state index in [-0.39, 0.29) is 5.78 Å². The Hall–Kier alpha value is -3.63. The van der Waals surface area contributed by atoms with Crippen molar-refractivity contribution in [3.8, 4) is 0 Å². The molecule has 0 saturated heterocycles. The Labute approximate surface area is 173 Å². The molecule has 0 N–H and O–H groups in total. The molecule has 0 bridgehead atoms. The number of thiophene rings is 1. The largest absolute Gasteiger partial charge is 0.289 e. The Morgan fingerprint density at radius 3 is 1.97 bits per heavy atom. The molecule has 0 atom stereocenters. The normalized spacial score (nSPS) is 11.7. The Morgan fingerprint density at radius 2 is 1.31 bits per heavy atom. The summed E-state index contributed by atoms with van der Waals surface area (Å²) in [4.78, 5) is 14.2. The molecule has 140 valence electrons. The van der Waals surface area contributed by atoms with Crippen LogP contribution in [0.15, 0.2) is 113 Å². The highest BCUT2D eigenvalue weighted by molar-refractivity contribution is 7.11. The van der Waals surface area contributed by atoms with Gasteiger partial charge in [-0.15, -0.1) is 16.4 Å². The Kier molecular flexibility index (Phi) is 5.84. The zero-order valence-electron chi connectivity index (χ0n) is 15.6. The SMILES string of the molecule is O=C(c1ccccc1)c1ccccc1/C(=N/N=C/c1cccs1)c1ccccc1. The summed E-state index contributed by atoms with van der Waals surface area (Å²) < 4.78 is 0. The fraction of sp³-hybridized carbons (Fsp3) is 0. The molecule has 0 spiro atoms. The van der Waals surface area contributed by atoms with Crippen molar-refractivity contribution in [3.63, 3.8) is 0 Å². The number of benzene rings is 3. The lowest BCUT2D eigenvalue weighted by molar-refractivity contribution is 0.103. The first-order valence-corrected chi connectivity index (χ1v) is 10.1. The van der Waals surface area contributed by atoms with E-state index in [9.17, 15) is 4.79 Å². The van der Waals surface area contributed by atoms with Gasteiger partial charge in [0.25, 0.3) is 0 Å². The summed E-state index contributed by atoms with van der Waals surface area (Å²) in [6.07, 6.45) is 1.73. The van der Waals surface area contributed by atoms with Gasteiger partial charge in [0, 0.05) is 27.1 Å². The molecule has 0 aliphatic heterocycles. The third kappa shape index (κ3) is 4.45. The second-order valence-corrected chi connectivity index (χ2v) is 7.29. The smallest absolute Gasteiger partial charge is 0.193 e. The maximum atomic E-state index is 13.2. The van der Waals surface area contributed by atoms with Crippen LogP contribution in [0.25, 0.3) is 0 Å². The van der Waals surface area contributed by atoms with Crippen molar-refractivity contribution in [3.05, 3.63) is 130 Å². The molecule has 0 fully saturated rings. The summed E-state index contributed by atoms with van der Waals surface area (Å²) in [5, 5.41) is 10.8. The van der Waals surface area contributed by atoms with Gasteiger partial charge in [0.15, 0.2) is 5.78 Å². The number of hydrogen-bond donors (Lipinski definition) is 0. The third-order valence-corrected chi connectivity index (χ3v) is 5.20. The summed E-state index contributed by atoms with van der Waals surface area (Å²) in [5.74, 6) is -0.0351. The highest BCUT2D eigenvalue weighted by atomic mass is 32.1. The standard InChI is InChI=1S/C25H18N2OS/c28-25(20-12-5-2-6-13-20)23-16-8-7-15-22(23)24(19-10-3-1-4-11-19)27-26-18-21-14-9-17-29-21/h1-18H/b26-18+,27-24+. The van der Waals surface area contributed by atoms with E-state index in [1.54, 1.807) is 17.6 Å². The molecule has 3 nitrogen and oxygen atoms in total. The minimum atomic E-state index is -0.0351. The number of carbonyl (C=O) groups excluding carboxylic acids is 1. The Morgan fingerprint density at radius 1 is 0.690 bits per heavy atom. The zero-order valence-corrected chi connectivity index (χ0v) is 16.4. The molecule has 4 aromatic rings. The van der Waals surface area contributed by atoms with Gasteiger partial charge in [0.05, 0.1) is 6.21 Å². The molecule has 1 heterocycles. The van der Waals surface area contributed by atoms with Crippen LogP contribution in [-0.4, -0.2) is 17.7 Å². The first-order chi connectivity index (χ1) is 14.3. The fourth-order valence-electron chi connectivity index (χ4n) is 3.00. The molecule has 0 radical (unpaired) electrons. The van der Waals surface area contributed by atoms with Gasteiger partial charge in [-0.1, -0.05) is 91.0 Å². The average molecular weight is 394 g/mol. The van der Waals surface area contributed by atoms with Gasteiger partial charge in [-0.25, -0.2) is 0 Å². The van der Waals surface area contributed by atoms with Gasteiger partial charge in [-0.05, 0) is 11.4 Å². The third-order valence-electron chi connectivity index (χ3n) is 4.40. The Bertz CT molecular complexity index is 1150. The molecule has 0 aliphatic carbocycles. The van der Waals surface area contributed by atoms with E-state index in [1.807, 2.05) is 102 Å². The van der Waals surface area contributed by atoms with Crippen LogP contribution in [0.2, 0.25) is 0 Å². The van der Waals surface area contributed by atoms with Crippen LogP contribution in [-0.2, 0) is 0 Å². The van der Waals surface area contributed by atoms with Crippen LogP contribution >= 0.6 is 11.3 Å². The van der Waals surface area contributed by atoms with Crippen LogP contribution < -0.4 is 0 Å². The van der Waals surface area contributed by atoms with Gasteiger partial charge in [0.2, 0.25) is 0 Å². The molecular weight excluding hydrogens is 376 g/mol. The fourth-order valence-corrected chi connectivity index (χ4v) is 3.58. The highest BCUT2D eigenvalue weighted by Gasteiger charge is 2.18. The first-order valence-electron chi connectivity index (χ1n) is 9.22. The van der Waals surface area contributed by atoms with Crippen LogP contribution in [0.5, 0.6) is 0 Å². The molecule has 0 saturated carbocycles. The van der Waals surface area contributed by atoms with Crippen LogP contribution in [0.1, 0.15) is 31.9 Å². The second-order valence-electron chi connectivity index (χ2n) is 6.32. The van der Waals surface area contributed by atoms with E-state index in [1.165, 1.54) is 0 Å². The molecule has 0 aliphatic rings. The van der Waals surface area contributed by atoms with Crippen molar-refractivity contribution in [1.29, 1.82) is 0 Å². The van der Waals surface area contributed by atoms with Gasteiger partial charge in [0.1, 0.15) is 5.71 Å². The topological polar surface area (TPSA) is 41.8 Å². The van der Waals surface area contributed by atoms with Gasteiger partial charge in [-0.3, -0.25) is 4.79 Å². The van der Waals surface area contributed by atoms with Crippen molar-refractivity contribution in [1.82, 2.24) is 0 Å². The second kappa shape index (κ2) is 9.04. The molecule has 4 heteroatoms. The summed E-state index contributed by atoms with van der Waals surface area (Å²) >= 11 is 1.60. The Balaban J connectivity index is 1.80. The average Bonchev–Trinajstić information content (AvgIpc) is 3.31. The van der Waals surface area contributed by atoms with E-state index in [2.05, 4.69) is 10.2 Å². The van der Waals surface area contributed by atoms with Gasteiger partial charge in [-0.2, -0.15) is 5.10 Å². The zero-order chi connectivity index (χ0) is 19.9. The van der Waals surface area contributed by atoms with Crippen molar-refractivity contribution >= 4 is 29.0 Å². The van der Waals surface area contributed by atoms with Crippen molar-refractivity contribution in [2.45, 2.75) is 0 Å². The van der Waals surface area contributed by atoms with Crippen LogP contribution in [0.4, 0.5) is 0 Å². The predicted molar refractivity (Wildman–Crippen MR) is 120 cm³/mol. The molecule has 4 rings (SSSR count). The lowest BCUT2D eigenvalue weighted by Crippen LogP contribution is -2.12. The van der Waals surface area contributed by atoms with E-state index in [0.29, 0.717) is 16.8 Å². The summed E-state index contributed by atoms with van der Waals surface area (Å²) in [6, 6.07) is 30.6. The van der Waals surface area contributed by atoms with Gasteiger partial charge < -0.3 is 0 Å². The molecule has 0 amide bonds. The molecule has 29 heavy (non-hydrogen) atoms. The maximum absolute atomic E-state index is 13.2. The number of rotatable bonds is 6. The number of ketones is 1. The van der Waals surface area contributed by atoms with E-state index in [0.717, 1.165) is 16.0 Å². The monoisotopic (exact) mass is 394 g/mol. The van der Waals surface area contributed by atoms with Crippen LogP contribution in [0, 0.1) is 0 Å². The number of nitrogens with zero attached hydrogens (tertiary/aromatic N) is 2. The number of carbonyl (C=O) groups is 1. The van der Waals surface area contributed by atoms with Crippen molar-refractivity contribution < 1.29 is 4.79 Å². The highest BCUT2D eigenvalue weighted by Crippen LogP contribution is 2.19. The van der Waals surface area contributed by atoms with Gasteiger partial charge >= 0.3 is 0 Å². The lowest BCUT2D eigenvalue weighted by atomic mass is 9.93. The summed E-state index contributed by atoms with van der Waals surface area (Å²) in [6.45, 7) is 0. The maximum Gasteiger partial charge on any atom is 0.193 e. The minimum Gasteiger partial charge on any atom is -0.289 e. The summed E-state index contributed by atoms with van der Waals surface area (Å²) in [5.41, 5.74) is 3.58. The van der Waals surface area contributed by atoms with Crippen LogP contribution in [0.3, 0.4) is 0 Å². The molecule has 1 aromatic heterocycles. The van der Waals surface area contributed by atoms with Crippen molar-refractivity contribution in [2.24, 2.45) is 10.2 Å². The van der Waals surface area contributed by atoms with E-state index in [4.69, 9.17) is 0 Å².